The molecule has 0 aromatic carbocycles. The van der Waals surface area contributed by atoms with E-state index in [-0.39, 0.29) is 5.69 Å². The van der Waals surface area contributed by atoms with E-state index in [1.807, 2.05) is 25.3 Å². The summed E-state index contributed by atoms with van der Waals surface area (Å²) in [6.45, 7) is 1.82. The lowest BCUT2D eigenvalue weighted by Crippen LogP contribution is -2.17. The predicted molar refractivity (Wildman–Crippen MR) is 74.6 cm³/mol. The lowest BCUT2D eigenvalue weighted by Gasteiger charge is -2.12. The van der Waals surface area contributed by atoms with E-state index < -0.39 is 5.91 Å². The van der Waals surface area contributed by atoms with Crippen molar-refractivity contribution >= 4 is 29.2 Å². The van der Waals surface area contributed by atoms with Crippen LogP contribution in [0.25, 0.3) is 0 Å². The number of aromatic nitrogens is 3. The largest absolute Gasteiger partial charge is 0.364 e. The molecule has 0 fully saturated rings. The van der Waals surface area contributed by atoms with Crippen LogP contribution in [0.15, 0.2) is 29.4 Å². The van der Waals surface area contributed by atoms with Gasteiger partial charge in [0.25, 0.3) is 5.91 Å². The number of carbonyl (C=O) groups excluding carboxylic acids is 1. The summed E-state index contributed by atoms with van der Waals surface area (Å²) in [5.74, 6) is 0.0360. The first-order valence-electron chi connectivity index (χ1n) is 5.51. The smallest absolute Gasteiger partial charge is 0.271 e. The van der Waals surface area contributed by atoms with Crippen LogP contribution in [0.3, 0.4) is 0 Å². The second kappa shape index (κ2) is 5.66. The number of rotatable bonds is 4. The van der Waals surface area contributed by atoms with Gasteiger partial charge in [0.2, 0.25) is 0 Å². The molecule has 0 unspecified atom stereocenters. The number of anilines is 2. The highest BCUT2D eigenvalue weighted by Crippen LogP contribution is 2.28. The van der Waals surface area contributed by atoms with Crippen LogP contribution >= 0.6 is 11.8 Å². The molecule has 0 atom stereocenters. The number of nitrogens with two attached hydrogens (primary N) is 1. The van der Waals surface area contributed by atoms with Gasteiger partial charge in [-0.15, -0.1) is 16.9 Å². The second-order valence-corrected chi connectivity index (χ2v) is 4.64. The van der Waals surface area contributed by atoms with Gasteiger partial charge in [0, 0.05) is 11.1 Å². The summed E-state index contributed by atoms with van der Waals surface area (Å²) in [7, 11) is 0. The summed E-state index contributed by atoms with van der Waals surface area (Å²) in [4.78, 5) is 16.6. The first kappa shape index (κ1) is 13.3. The predicted octanol–water partition coefficient (Wildman–Crippen LogP) is 1.74. The first-order valence-corrected chi connectivity index (χ1v) is 6.74. The zero-order valence-electron chi connectivity index (χ0n) is 10.5. The molecule has 2 aromatic heterocycles. The minimum Gasteiger partial charge on any atom is -0.364 e. The van der Waals surface area contributed by atoms with Gasteiger partial charge in [-0.05, 0) is 30.9 Å². The van der Waals surface area contributed by atoms with Crippen molar-refractivity contribution in [1.82, 2.24) is 15.2 Å². The van der Waals surface area contributed by atoms with Crippen LogP contribution < -0.4 is 11.1 Å². The maximum absolute atomic E-state index is 11.4. The summed E-state index contributed by atoms with van der Waals surface area (Å²) < 4.78 is 0. The molecule has 19 heavy (non-hydrogen) atoms. The van der Waals surface area contributed by atoms with Gasteiger partial charge in [0.15, 0.2) is 5.69 Å². The number of primary amides is 1. The first-order chi connectivity index (χ1) is 9.13. The highest BCUT2D eigenvalue weighted by Gasteiger charge is 2.15. The molecule has 1 amide bonds. The lowest BCUT2D eigenvalue weighted by atomic mass is 10.2. The number of aryl methyl sites for hydroxylation is 1. The molecule has 98 valence electrons. The van der Waals surface area contributed by atoms with Crippen molar-refractivity contribution in [3.8, 4) is 0 Å². The third-order valence-electron chi connectivity index (χ3n) is 2.51. The van der Waals surface area contributed by atoms with Crippen LogP contribution in [0, 0.1) is 6.92 Å². The molecule has 6 nitrogen and oxygen atoms in total. The fourth-order valence-electron chi connectivity index (χ4n) is 1.57. The van der Waals surface area contributed by atoms with Crippen molar-refractivity contribution < 1.29 is 4.79 Å². The highest BCUT2D eigenvalue weighted by molar-refractivity contribution is 7.98. The maximum Gasteiger partial charge on any atom is 0.271 e. The minimum absolute atomic E-state index is 0.109. The average Bonchev–Trinajstić information content (AvgIpc) is 2.41. The monoisotopic (exact) mass is 275 g/mol. The van der Waals surface area contributed by atoms with E-state index in [4.69, 9.17) is 5.73 Å². The van der Waals surface area contributed by atoms with E-state index in [9.17, 15) is 4.79 Å². The van der Waals surface area contributed by atoms with E-state index >= 15 is 0 Å². The number of pyridine rings is 1. The van der Waals surface area contributed by atoms with E-state index in [0.717, 1.165) is 10.5 Å². The molecule has 0 spiro atoms. The molecule has 0 saturated heterocycles. The Morgan fingerprint density at radius 1 is 1.47 bits per heavy atom. The standard InChI is InChI=1S/C12H13N5OS/c1-7-6-15-17-10(11(13)18)9(7)16-12-8(19-2)4-3-5-14-12/h3-6H,1-2H3,(H2,13,18)(H,14,15,16). The van der Waals surface area contributed by atoms with Crippen molar-refractivity contribution in [2.45, 2.75) is 11.8 Å². The van der Waals surface area contributed by atoms with Crippen LogP contribution in [-0.4, -0.2) is 27.3 Å². The van der Waals surface area contributed by atoms with E-state index in [0.29, 0.717) is 11.5 Å². The zero-order valence-corrected chi connectivity index (χ0v) is 11.4. The Bertz CT molecular complexity index is 617. The Hall–Kier alpha value is -2.15. The molecule has 0 bridgehead atoms. The van der Waals surface area contributed by atoms with Gasteiger partial charge in [0.05, 0.1) is 11.9 Å². The molecule has 0 saturated carbocycles. The Morgan fingerprint density at radius 3 is 2.95 bits per heavy atom. The summed E-state index contributed by atoms with van der Waals surface area (Å²) in [6, 6.07) is 3.79. The van der Waals surface area contributed by atoms with Crippen molar-refractivity contribution in [2.75, 3.05) is 11.6 Å². The Morgan fingerprint density at radius 2 is 2.26 bits per heavy atom. The lowest BCUT2D eigenvalue weighted by molar-refractivity contribution is 0.0995. The third kappa shape index (κ3) is 2.82. The maximum atomic E-state index is 11.4. The van der Waals surface area contributed by atoms with Gasteiger partial charge < -0.3 is 11.1 Å². The van der Waals surface area contributed by atoms with E-state index in [1.54, 1.807) is 24.2 Å². The summed E-state index contributed by atoms with van der Waals surface area (Å²) >= 11 is 1.56. The topological polar surface area (TPSA) is 93.8 Å². The van der Waals surface area contributed by atoms with Gasteiger partial charge in [-0.3, -0.25) is 4.79 Å². The van der Waals surface area contributed by atoms with Gasteiger partial charge in [-0.1, -0.05) is 0 Å². The molecular weight excluding hydrogens is 262 g/mol. The van der Waals surface area contributed by atoms with Crippen LogP contribution in [0.2, 0.25) is 0 Å². The van der Waals surface area contributed by atoms with Gasteiger partial charge in [-0.25, -0.2) is 4.98 Å². The Kier molecular flexibility index (Phi) is 3.96. The minimum atomic E-state index is -0.625. The Balaban J connectivity index is 2.46. The van der Waals surface area contributed by atoms with Gasteiger partial charge in [0.1, 0.15) is 5.82 Å². The highest BCUT2D eigenvalue weighted by atomic mass is 32.2. The molecular formula is C12H13N5OS. The molecule has 2 rings (SSSR count). The molecule has 0 aliphatic carbocycles. The van der Waals surface area contributed by atoms with Gasteiger partial charge in [-0.2, -0.15) is 5.10 Å². The third-order valence-corrected chi connectivity index (χ3v) is 3.28. The fraction of sp³-hybridized carbons (Fsp3) is 0.167. The SMILES string of the molecule is CSc1cccnc1Nc1c(C)cnnc1C(N)=O. The summed E-state index contributed by atoms with van der Waals surface area (Å²) in [5.41, 5.74) is 6.73. The number of nitrogens with zero attached hydrogens (tertiary/aromatic N) is 3. The Labute approximate surface area is 114 Å². The molecule has 2 heterocycles. The second-order valence-electron chi connectivity index (χ2n) is 3.79. The summed E-state index contributed by atoms with van der Waals surface area (Å²) in [6.07, 6.45) is 5.20. The molecule has 0 aliphatic heterocycles. The van der Waals surface area contributed by atoms with Crippen LogP contribution in [0.4, 0.5) is 11.5 Å². The fourth-order valence-corrected chi connectivity index (χ4v) is 2.08. The van der Waals surface area contributed by atoms with E-state index in [2.05, 4.69) is 20.5 Å². The number of hydrogen-bond acceptors (Lipinski definition) is 6. The molecule has 2 aromatic rings. The van der Waals surface area contributed by atoms with E-state index in [1.165, 1.54) is 0 Å². The zero-order chi connectivity index (χ0) is 13.8. The number of carbonyl (C=O) groups is 1. The quantitative estimate of drug-likeness (QED) is 0.825. The van der Waals surface area contributed by atoms with Crippen LogP contribution in [0.5, 0.6) is 0 Å². The molecule has 0 radical (unpaired) electrons. The van der Waals surface area contributed by atoms with Crippen LogP contribution in [-0.2, 0) is 0 Å². The van der Waals surface area contributed by atoms with Crippen LogP contribution in [0.1, 0.15) is 16.1 Å². The number of thioether (sulfide) groups is 1. The normalized spacial score (nSPS) is 10.2. The molecule has 3 N–H and O–H groups in total. The number of amides is 1. The molecule has 0 aliphatic rings. The van der Waals surface area contributed by atoms with Crippen molar-refractivity contribution in [3.05, 3.63) is 35.8 Å². The number of nitrogens with one attached hydrogen (secondary N) is 1. The van der Waals surface area contributed by atoms with Crippen molar-refractivity contribution in [3.63, 3.8) is 0 Å². The molecule has 7 heteroatoms. The number of hydrogen-bond donors (Lipinski definition) is 2. The van der Waals surface area contributed by atoms with Gasteiger partial charge >= 0.3 is 0 Å². The average molecular weight is 275 g/mol. The van der Waals surface area contributed by atoms with Crippen molar-refractivity contribution in [1.29, 1.82) is 0 Å². The summed E-state index contributed by atoms with van der Waals surface area (Å²) in [5, 5.41) is 10.6. The van der Waals surface area contributed by atoms with Crippen molar-refractivity contribution in [2.24, 2.45) is 5.73 Å².